The Labute approximate surface area is 165 Å². The van der Waals surface area contributed by atoms with Crippen molar-refractivity contribution >= 4 is 11.9 Å². The zero-order valence-corrected chi connectivity index (χ0v) is 16.2. The maximum atomic E-state index is 12.9. The van der Waals surface area contributed by atoms with E-state index in [1.807, 2.05) is 25.1 Å². The second-order valence-electron chi connectivity index (χ2n) is 6.24. The number of benzene rings is 2. The van der Waals surface area contributed by atoms with Crippen molar-refractivity contribution in [2.75, 3.05) is 26.7 Å². The van der Waals surface area contributed by atoms with Gasteiger partial charge >= 0.3 is 0 Å². The van der Waals surface area contributed by atoms with E-state index in [9.17, 15) is 9.18 Å². The maximum Gasteiger partial charge on any atom is 0.251 e. The number of rotatable bonds is 9. The summed E-state index contributed by atoms with van der Waals surface area (Å²) >= 11 is 0. The molecule has 150 valence electrons. The summed E-state index contributed by atoms with van der Waals surface area (Å²) in [7, 11) is 1.69. The third-order valence-corrected chi connectivity index (χ3v) is 3.90. The molecule has 0 saturated heterocycles. The zero-order valence-electron chi connectivity index (χ0n) is 16.2. The fourth-order valence-electron chi connectivity index (χ4n) is 2.44. The second-order valence-corrected chi connectivity index (χ2v) is 6.24. The Hall–Kier alpha value is -3.09. The van der Waals surface area contributed by atoms with Crippen LogP contribution in [-0.2, 0) is 0 Å². The maximum absolute atomic E-state index is 12.9. The molecule has 0 bridgehead atoms. The van der Waals surface area contributed by atoms with Gasteiger partial charge in [0, 0.05) is 25.7 Å². The number of aliphatic imine (C=N–C) groups is 1. The first-order chi connectivity index (χ1) is 13.6. The molecule has 0 aliphatic heterocycles. The average Bonchev–Trinajstić information content (AvgIpc) is 2.72. The first kappa shape index (κ1) is 21.2. The monoisotopic (exact) mass is 386 g/mol. The van der Waals surface area contributed by atoms with E-state index in [2.05, 4.69) is 20.9 Å². The smallest absolute Gasteiger partial charge is 0.251 e. The Kier molecular flexibility index (Phi) is 8.78. The highest BCUT2D eigenvalue weighted by Crippen LogP contribution is 2.12. The molecule has 6 nitrogen and oxygen atoms in total. The van der Waals surface area contributed by atoms with Gasteiger partial charge in [0.15, 0.2) is 5.96 Å². The molecule has 0 spiro atoms. The third kappa shape index (κ3) is 7.65. The van der Waals surface area contributed by atoms with Gasteiger partial charge in [0.1, 0.15) is 17.7 Å². The highest BCUT2D eigenvalue weighted by atomic mass is 19.1. The lowest BCUT2D eigenvalue weighted by atomic mass is 10.2. The van der Waals surface area contributed by atoms with Gasteiger partial charge in [0.2, 0.25) is 0 Å². The SMILES string of the molecule is CN=C(NCCCNC(=O)c1ccccc1)NCC(C)Oc1ccc(F)cc1. The molecule has 0 fully saturated rings. The molecule has 28 heavy (non-hydrogen) atoms. The molecule has 0 radical (unpaired) electrons. The Morgan fingerprint density at radius 2 is 1.71 bits per heavy atom. The molecule has 1 atom stereocenters. The van der Waals surface area contributed by atoms with Crippen molar-refractivity contribution in [3.8, 4) is 5.75 Å². The third-order valence-electron chi connectivity index (χ3n) is 3.90. The second kappa shape index (κ2) is 11.6. The van der Waals surface area contributed by atoms with Gasteiger partial charge in [-0.3, -0.25) is 9.79 Å². The topological polar surface area (TPSA) is 74.8 Å². The Morgan fingerprint density at radius 3 is 2.39 bits per heavy atom. The van der Waals surface area contributed by atoms with Crippen LogP contribution in [0.3, 0.4) is 0 Å². The van der Waals surface area contributed by atoms with Gasteiger partial charge in [-0.05, 0) is 49.7 Å². The Bertz CT molecular complexity index is 751. The molecule has 0 aliphatic carbocycles. The molecule has 7 heteroatoms. The number of carbonyl (C=O) groups is 1. The summed E-state index contributed by atoms with van der Waals surface area (Å²) in [6.07, 6.45) is 0.648. The van der Waals surface area contributed by atoms with Gasteiger partial charge in [-0.1, -0.05) is 18.2 Å². The summed E-state index contributed by atoms with van der Waals surface area (Å²) in [5.74, 6) is 0.911. The minimum absolute atomic E-state index is 0.0742. The van der Waals surface area contributed by atoms with Crippen LogP contribution >= 0.6 is 0 Å². The molecule has 0 heterocycles. The van der Waals surface area contributed by atoms with Crippen LogP contribution in [0.15, 0.2) is 59.6 Å². The summed E-state index contributed by atoms with van der Waals surface area (Å²) in [6.45, 7) is 3.70. The summed E-state index contributed by atoms with van der Waals surface area (Å²) in [6, 6.07) is 15.1. The van der Waals surface area contributed by atoms with E-state index in [1.54, 1.807) is 31.3 Å². The number of halogens is 1. The van der Waals surface area contributed by atoms with E-state index < -0.39 is 0 Å². The van der Waals surface area contributed by atoms with Crippen molar-refractivity contribution in [3.63, 3.8) is 0 Å². The van der Waals surface area contributed by atoms with E-state index in [0.717, 1.165) is 6.42 Å². The lowest BCUT2D eigenvalue weighted by molar-refractivity contribution is 0.0953. The Morgan fingerprint density at radius 1 is 1.04 bits per heavy atom. The summed E-state index contributed by atoms with van der Waals surface area (Å²) < 4.78 is 18.6. The molecule has 0 aromatic heterocycles. The van der Waals surface area contributed by atoms with Crippen LogP contribution < -0.4 is 20.7 Å². The number of ether oxygens (including phenoxy) is 1. The lowest BCUT2D eigenvalue weighted by Crippen LogP contribution is -2.42. The van der Waals surface area contributed by atoms with Crippen molar-refractivity contribution < 1.29 is 13.9 Å². The molecular formula is C21H27FN4O2. The molecule has 2 aromatic carbocycles. The van der Waals surface area contributed by atoms with Crippen molar-refractivity contribution in [1.82, 2.24) is 16.0 Å². The van der Waals surface area contributed by atoms with Crippen LogP contribution in [0.1, 0.15) is 23.7 Å². The van der Waals surface area contributed by atoms with Crippen LogP contribution in [0.2, 0.25) is 0 Å². The quantitative estimate of drug-likeness (QED) is 0.352. The van der Waals surface area contributed by atoms with Crippen molar-refractivity contribution in [3.05, 3.63) is 66.0 Å². The van der Waals surface area contributed by atoms with E-state index in [1.165, 1.54) is 12.1 Å². The van der Waals surface area contributed by atoms with E-state index in [4.69, 9.17) is 4.74 Å². The predicted octanol–water partition coefficient (Wildman–Crippen LogP) is 2.58. The van der Waals surface area contributed by atoms with Crippen LogP contribution in [0.4, 0.5) is 4.39 Å². The standard InChI is InChI=1S/C21H27FN4O2/c1-16(28-19-11-9-18(22)10-12-19)15-26-21(23-2)25-14-6-13-24-20(27)17-7-4-3-5-8-17/h3-5,7-12,16H,6,13-15H2,1-2H3,(H,24,27)(H2,23,25,26). The van der Waals surface area contributed by atoms with Crippen LogP contribution in [0, 0.1) is 5.82 Å². The highest BCUT2D eigenvalue weighted by Gasteiger charge is 2.06. The van der Waals surface area contributed by atoms with Crippen molar-refractivity contribution in [2.45, 2.75) is 19.4 Å². The van der Waals surface area contributed by atoms with Crippen LogP contribution in [0.5, 0.6) is 5.75 Å². The molecule has 0 saturated carbocycles. The molecule has 3 N–H and O–H groups in total. The molecule has 2 aromatic rings. The van der Waals surface area contributed by atoms with Crippen LogP contribution in [0.25, 0.3) is 0 Å². The number of carbonyl (C=O) groups excluding carboxylic acids is 1. The fraction of sp³-hybridized carbons (Fsp3) is 0.333. The number of nitrogens with zero attached hydrogens (tertiary/aromatic N) is 1. The zero-order chi connectivity index (χ0) is 20.2. The fourth-order valence-corrected chi connectivity index (χ4v) is 2.44. The largest absolute Gasteiger partial charge is 0.489 e. The van der Waals surface area contributed by atoms with Crippen molar-refractivity contribution in [1.29, 1.82) is 0 Å². The Balaban J connectivity index is 1.60. The molecule has 0 aliphatic rings. The highest BCUT2D eigenvalue weighted by molar-refractivity contribution is 5.94. The van der Waals surface area contributed by atoms with Crippen LogP contribution in [-0.4, -0.2) is 44.7 Å². The minimum Gasteiger partial charge on any atom is -0.489 e. The summed E-state index contributed by atoms with van der Waals surface area (Å²) in [5, 5.41) is 9.26. The number of guanidine groups is 1. The van der Waals surface area contributed by atoms with Gasteiger partial charge in [0.25, 0.3) is 5.91 Å². The number of nitrogens with one attached hydrogen (secondary N) is 3. The number of amides is 1. The predicted molar refractivity (Wildman–Crippen MR) is 109 cm³/mol. The molecular weight excluding hydrogens is 359 g/mol. The summed E-state index contributed by atoms with van der Waals surface area (Å²) in [4.78, 5) is 16.1. The number of hydrogen-bond acceptors (Lipinski definition) is 3. The van der Waals surface area contributed by atoms with E-state index in [0.29, 0.717) is 36.9 Å². The van der Waals surface area contributed by atoms with Gasteiger partial charge in [0.05, 0.1) is 6.54 Å². The first-order valence-corrected chi connectivity index (χ1v) is 9.28. The van der Waals surface area contributed by atoms with Gasteiger partial charge < -0.3 is 20.7 Å². The van der Waals surface area contributed by atoms with E-state index in [-0.39, 0.29) is 17.8 Å². The summed E-state index contributed by atoms with van der Waals surface area (Å²) in [5.41, 5.74) is 0.656. The first-order valence-electron chi connectivity index (χ1n) is 9.28. The number of hydrogen-bond donors (Lipinski definition) is 3. The van der Waals surface area contributed by atoms with Gasteiger partial charge in [-0.25, -0.2) is 4.39 Å². The van der Waals surface area contributed by atoms with E-state index >= 15 is 0 Å². The molecule has 1 unspecified atom stereocenters. The minimum atomic E-state index is -0.289. The van der Waals surface area contributed by atoms with Gasteiger partial charge in [-0.15, -0.1) is 0 Å². The molecule has 1 amide bonds. The lowest BCUT2D eigenvalue weighted by Gasteiger charge is -2.17. The average molecular weight is 386 g/mol. The normalized spacial score (nSPS) is 12.2. The van der Waals surface area contributed by atoms with Gasteiger partial charge in [-0.2, -0.15) is 0 Å². The van der Waals surface area contributed by atoms with Crippen molar-refractivity contribution in [2.24, 2.45) is 4.99 Å². The molecule has 2 rings (SSSR count).